The minimum Gasteiger partial charge on any atom is -0.472 e. The van der Waals surface area contributed by atoms with Crippen molar-refractivity contribution < 1.29 is 4.42 Å². The van der Waals surface area contributed by atoms with Gasteiger partial charge < -0.3 is 9.73 Å². The van der Waals surface area contributed by atoms with Crippen molar-refractivity contribution in [1.82, 2.24) is 5.32 Å². The van der Waals surface area contributed by atoms with Crippen LogP contribution in [0.2, 0.25) is 0 Å². The number of furan rings is 1. The molecule has 1 aromatic rings. The van der Waals surface area contributed by atoms with Crippen LogP contribution in [-0.4, -0.2) is 7.05 Å². The van der Waals surface area contributed by atoms with E-state index in [0.717, 1.165) is 6.42 Å². The molecule has 2 heteroatoms. The zero-order valence-electron chi connectivity index (χ0n) is 6.42. The van der Waals surface area contributed by atoms with Gasteiger partial charge in [0, 0.05) is 11.6 Å². The highest BCUT2D eigenvalue weighted by Gasteiger charge is 2.05. The minimum atomic E-state index is 0.443. The first-order valence-corrected chi connectivity index (χ1v) is 3.57. The molecular weight excluding hydrogens is 126 g/mol. The summed E-state index contributed by atoms with van der Waals surface area (Å²) in [5.74, 6) is 0. The second kappa shape index (κ2) is 3.42. The maximum atomic E-state index is 4.96. The Balaban J connectivity index is 2.64. The van der Waals surface area contributed by atoms with Gasteiger partial charge in [-0.15, -0.1) is 0 Å². The van der Waals surface area contributed by atoms with Gasteiger partial charge in [-0.25, -0.2) is 0 Å². The Morgan fingerprint density at radius 3 is 2.90 bits per heavy atom. The van der Waals surface area contributed by atoms with E-state index in [1.165, 1.54) is 5.56 Å². The molecule has 0 aliphatic heterocycles. The van der Waals surface area contributed by atoms with Crippen LogP contribution >= 0.6 is 0 Å². The lowest BCUT2D eigenvalue weighted by atomic mass is 10.1. The molecule has 10 heavy (non-hydrogen) atoms. The van der Waals surface area contributed by atoms with Gasteiger partial charge in [0.2, 0.25) is 0 Å². The molecule has 1 heterocycles. The molecule has 0 saturated carbocycles. The molecule has 0 aliphatic rings. The van der Waals surface area contributed by atoms with Crippen molar-refractivity contribution in [2.24, 2.45) is 0 Å². The van der Waals surface area contributed by atoms with E-state index in [1.54, 1.807) is 12.5 Å². The zero-order chi connectivity index (χ0) is 7.40. The molecule has 1 aromatic heterocycles. The molecule has 0 spiro atoms. The summed E-state index contributed by atoms with van der Waals surface area (Å²) in [5, 5.41) is 3.19. The average molecular weight is 139 g/mol. The molecule has 1 rings (SSSR count). The molecule has 0 aliphatic carbocycles. The molecule has 56 valence electrons. The fraction of sp³-hybridized carbons (Fsp3) is 0.500. The molecular formula is C8H13NO. The standard InChI is InChI=1S/C8H13NO/c1-3-8(9-2)7-4-5-10-6-7/h4-6,8-9H,3H2,1-2H3. The Hall–Kier alpha value is -0.760. The van der Waals surface area contributed by atoms with Crippen LogP contribution in [0.5, 0.6) is 0 Å². The Bertz CT molecular complexity index is 165. The highest BCUT2D eigenvalue weighted by atomic mass is 16.3. The van der Waals surface area contributed by atoms with E-state index in [4.69, 9.17) is 4.42 Å². The first-order chi connectivity index (χ1) is 4.88. The summed E-state index contributed by atoms with van der Waals surface area (Å²) in [7, 11) is 1.96. The highest BCUT2D eigenvalue weighted by molar-refractivity contribution is 5.10. The maximum absolute atomic E-state index is 4.96. The molecule has 1 atom stereocenters. The second-order valence-corrected chi connectivity index (χ2v) is 2.31. The van der Waals surface area contributed by atoms with Crippen LogP contribution in [0.1, 0.15) is 24.9 Å². The fourth-order valence-electron chi connectivity index (χ4n) is 1.08. The molecule has 0 saturated heterocycles. The monoisotopic (exact) mass is 139 g/mol. The maximum Gasteiger partial charge on any atom is 0.0950 e. The van der Waals surface area contributed by atoms with E-state index in [-0.39, 0.29) is 0 Å². The molecule has 0 amide bonds. The third kappa shape index (κ3) is 1.39. The summed E-state index contributed by atoms with van der Waals surface area (Å²) in [6.07, 6.45) is 4.58. The summed E-state index contributed by atoms with van der Waals surface area (Å²) >= 11 is 0. The molecule has 0 bridgehead atoms. The SMILES string of the molecule is CCC(NC)c1ccoc1. The van der Waals surface area contributed by atoms with Gasteiger partial charge in [-0.2, -0.15) is 0 Å². The predicted octanol–water partition coefficient (Wildman–Crippen LogP) is 1.95. The van der Waals surface area contributed by atoms with E-state index >= 15 is 0 Å². The molecule has 0 aromatic carbocycles. The van der Waals surface area contributed by atoms with Gasteiger partial charge in [-0.1, -0.05) is 6.92 Å². The van der Waals surface area contributed by atoms with Crippen LogP contribution in [0, 0.1) is 0 Å². The van der Waals surface area contributed by atoms with Gasteiger partial charge in [0.15, 0.2) is 0 Å². The van der Waals surface area contributed by atoms with Gasteiger partial charge in [0.05, 0.1) is 12.5 Å². The smallest absolute Gasteiger partial charge is 0.0950 e. The van der Waals surface area contributed by atoms with Gasteiger partial charge in [0.1, 0.15) is 0 Å². The average Bonchev–Trinajstić information content (AvgIpc) is 2.43. The molecule has 0 radical (unpaired) electrons. The van der Waals surface area contributed by atoms with Crippen molar-refractivity contribution in [2.45, 2.75) is 19.4 Å². The normalized spacial score (nSPS) is 13.4. The Kier molecular flexibility index (Phi) is 2.51. The number of hydrogen-bond donors (Lipinski definition) is 1. The fourth-order valence-corrected chi connectivity index (χ4v) is 1.08. The van der Waals surface area contributed by atoms with E-state index in [9.17, 15) is 0 Å². The third-order valence-corrected chi connectivity index (χ3v) is 1.70. The van der Waals surface area contributed by atoms with Crippen molar-refractivity contribution in [1.29, 1.82) is 0 Å². The van der Waals surface area contributed by atoms with E-state index < -0.39 is 0 Å². The summed E-state index contributed by atoms with van der Waals surface area (Å²) < 4.78 is 4.96. The highest BCUT2D eigenvalue weighted by Crippen LogP contribution is 2.15. The molecule has 2 nitrogen and oxygen atoms in total. The predicted molar refractivity (Wildman–Crippen MR) is 40.8 cm³/mol. The van der Waals surface area contributed by atoms with E-state index in [2.05, 4.69) is 12.2 Å². The Morgan fingerprint density at radius 1 is 1.70 bits per heavy atom. The lowest BCUT2D eigenvalue weighted by Gasteiger charge is -2.09. The van der Waals surface area contributed by atoms with E-state index in [1.807, 2.05) is 13.1 Å². The third-order valence-electron chi connectivity index (χ3n) is 1.70. The first kappa shape index (κ1) is 7.35. The van der Waals surface area contributed by atoms with Crippen molar-refractivity contribution in [3.05, 3.63) is 24.2 Å². The van der Waals surface area contributed by atoms with Crippen LogP contribution in [0.4, 0.5) is 0 Å². The van der Waals surface area contributed by atoms with Crippen LogP contribution in [0.15, 0.2) is 23.0 Å². The molecule has 0 fully saturated rings. The second-order valence-electron chi connectivity index (χ2n) is 2.31. The summed E-state index contributed by atoms with van der Waals surface area (Å²) in [5.41, 5.74) is 1.23. The Labute approximate surface area is 61.2 Å². The van der Waals surface area contributed by atoms with Crippen molar-refractivity contribution >= 4 is 0 Å². The quantitative estimate of drug-likeness (QED) is 0.692. The number of hydrogen-bond acceptors (Lipinski definition) is 2. The van der Waals surface area contributed by atoms with Crippen LogP contribution < -0.4 is 5.32 Å². The van der Waals surface area contributed by atoms with Gasteiger partial charge in [-0.3, -0.25) is 0 Å². The molecule has 1 unspecified atom stereocenters. The van der Waals surface area contributed by atoms with Gasteiger partial charge in [-0.05, 0) is 19.5 Å². The van der Waals surface area contributed by atoms with Gasteiger partial charge >= 0.3 is 0 Å². The van der Waals surface area contributed by atoms with Crippen molar-refractivity contribution in [3.63, 3.8) is 0 Å². The van der Waals surface area contributed by atoms with Crippen molar-refractivity contribution in [3.8, 4) is 0 Å². The van der Waals surface area contributed by atoms with Crippen LogP contribution in [-0.2, 0) is 0 Å². The van der Waals surface area contributed by atoms with Gasteiger partial charge in [0.25, 0.3) is 0 Å². The number of nitrogens with one attached hydrogen (secondary N) is 1. The largest absolute Gasteiger partial charge is 0.472 e. The van der Waals surface area contributed by atoms with Crippen molar-refractivity contribution in [2.75, 3.05) is 7.05 Å². The topological polar surface area (TPSA) is 25.2 Å². The van der Waals surface area contributed by atoms with Crippen LogP contribution in [0.3, 0.4) is 0 Å². The number of rotatable bonds is 3. The lowest BCUT2D eigenvalue weighted by Crippen LogP contribution is -2.14. The minimum absolute atomic E-state index is 0.443. The lowest BCUT2D eigenvalue weighted by molar-refractivity contribution is 0.537. The zero-order valence-corrected chi connectivity index (χ0v) is 6.42. The Morgan fingerprint density at radius 2 is 2.50 bits per heavy atom. The summed E-state index contributed by atoms with van der Waals surface area (Å²) in [6, 6.07) is 2.43. The summed E-state index contributed by atoms with van der Waals surface area (Å²) in [6.45, 7) is 2.15. The first-order valence-electron chi connectivity index (χ1n) is 3.57. The summed E-state index contributed by atoms with van der Waals surface area (Å²) in [4.78, 5) is 0. The van der Waals surface area contributed by atoms with E-state index in [0.29, 0.717) is 6.04 Å². The van der Waals surface area contributed by atoms with Crippen LogP contribution in [0.25, 0.3) is 0 Å². The molecule has 1 N–H and O–H groups in total.